The van der Waals surface area contributed by atoms with Crippen LogP contribution in [-0.2, 0) is 3.07 Å². The molecule has 2 heteroatoms. The molecule has 0 aromatic carbocycles. The van der Waals surface area contributed by atoms with Crippen molar-refractivity contribution in [2.45, 2.75) is 66.7 Å². The third-order valence-corrected chi connectivity index (χ3v) is 9.88. The first-order valence-corrected chi connectivity index (χ1v) is 15.2. The van der Waals surface area contributed by atoms with Crippen LogP contribution in [0.5, 0.6) is 0 Å². The predicted molar refractivity (Wildman–Crippen MR) is 67.3 cm³/mol. The molecule has 0 radical (unpaired) electrons. The van der Waals surface area contributed by atoms with Crippen molar-refractivity contribution in [1.29, 1.82) is 0 Å². The van der Waals surface area contributed by atoms with Gasteiger partial charge in [0.2, 0.25) is 0 Å². The van der Waals surface area contributed by atoms with Gasteiger partial charge in [0.25, 0.3) is 0 Å². The Morgan fingerprint density at radius 2 is 1.50 bits per heavy atom. The Hall–Kier alpha value is 0.759. The molecule has 0 saturated heterocycles. The maximum atomic E-state index is 6.09. The Balaban J connectivity index is 3.35. The summed E-state index contributed by atoms with van der Waals surface area (Å²) in [6.45, 7) is 5.56. The van der Waals surface area contributed by atoms with Crippen LogP contribution in [0.15, 0.2) is 0 Å². The third kappa shape index (κ3) is 9.32. The van der Waals surface area contributed by atoms with Gasteiger partial charge in [-0.1, -0.05) is 0 Å². The summed E-state index contributed by atoms with van der Waals surface area (Å²) in [6, 6.07) is 0. The normalized spacial score (nSPS) is 12.0. The summed E-state index contributed by atoms with van der Waals surface area (Å²) in [6.07, 6.45) is 8.01. The van der Waals surface area contributed by atoms with E-state index >= 15 is 0 Å². The van der Waals surface area contributed by atoms with E-state index in [0.29, 0.717) is 0 Å². The number of hydrogen-bond donors (Lipinski definition) is 0. The van der Waals surface area contributed by atoms with Gasteiger partial charge >= 0.3 is 95.2 Å². The molecule has 0 aliphatic rings. The Kier molecular flexibility index (Phi) is 9.51. The number of unbranched alkanes of at least 4 members (excludes halogenated alkanes) is 4. The van der Waals surface area contributed by atoms with Crippen molar-refractivity contribution in [3.8, 4) is 0 Å². The van der Waals surface area contributed by atoms with Crippen molar-refractivity contribution in [3.05, 3.63) is 0 Å². The molecule has 14 heavy (non-hydrogen) atoms. The van der Waals surface area contributed by atoms with Gasteiger partial charge in [-0.05, 0) is 0 Å². The molecule has 0 aliphatic heterocycles. The molecule has 0 aromatic heterocycles. The average molecular weight is 307 g/mol. The van der Waals surface area contributed by atoms with E-state index in [0.717, 1.165) is 6.61 Å². The summed E-state index contributed by atoms with van der Waals surface area (Å²) in [5.74, 6) is 0. The van der Waals surface area contributed by atoms with E-state index in [1.54, 1.807) is 0 Å². The molecule has 0 heterocycles. The first-order valence-electron chi connectivity index (χ1n) is 6.26. The minimum atomic E-state index is -1.99. The SMILES string of the molecule is CCCCCC[O][Sn]([CH3])([CH3])[CH2]CCC. The molecule has 86 valence electrons. The fraction of sp³-hybridized carbons (Fsp3) is 1.00. The van der Waals surface area contributed by atoms with Crippen LogP contribution in [0.1, 0.15) is 52.4 Å². The maximum absolute atomic E-state index is 6.09. The van der Waals surface area contributed by atoms with Gasteiger partial charge in [0.05, 0.1) is 0 Å². The molecule has 0 spiro atoms. The third-order valence-electron chi connectivity index (χ3n) is 2.62. The van der Waals surface area contributed by atoms with Gasteiger partial charge in [-0.25, -0.2) is 0 Å². The zero-order valence-electron chi connectivity index (χ0n) is 10.6. The molecule has 0 aliphatic carbocycles. The molecule has 0 N–H and O–H groups in total. The van der Waals surface area contributed by atoms with Crippen LogP contribution >= 0.6 is 0 Å². The van der Waals surface area contributed by atoms with Crippen LogP contribution < -0.4 is 0 Å². The first-order chi connectivity index (χ1) is 6.62. The Labute approximate surface area is 95.0 Å². The van der Waals surface area contributed by atoms with E-state index in [9.17, 15) is 0 Å². The molecule has 0 rings (SSSR count). The number of hydrogen-bond acceptors (Lipinski definition) is 1. The second-order valence-electron chi connectivity index (χ2n) is 4.77. The second kappa shape index (κ2) is 9.02. The molecule has 0 fully saturated rings. The predicted octanol–water partition coefficient (Wildman–Crippen LogP) is 4.59. The average Bonchev–Trinajstić information content (AvgIpc) is 2.15. The monoisotopic (exact) mass is 308 g/mol. The minimum absolute atomic E-state index is 1.03. The number of rotatable bonds is 9. The molecule has 0 amide bonds. The Morgan fingerprint density at radius 1 is 0.857 bits per heavy atom. The summed E-state index contributed by atoms with van der Waals surface area (Å²) >= 11 is -1.99. The first kappa shape index (κ1) is 14.8. The zero-order chi connectivity index (χ0) is 10.9. The fourth-order valence-electron chi connectivity index (χ4n) is 1.55. The van der Waals surface area contributed by atoms with Crippen molar-refractivity contribution >= 4 is 18.8 Å². The molecule has 1 nitrogen and oxygen atoms in total. The van der Waals surface area contributed by atoms with Crippen molar-refractivity contribution in [1.82, 2.24) is 0 Å². The zero-order valence-corrected chi connectivity index (χ0v) is 13.4. The van der Waals surface area contributed by atoms with E-state index in [-0.39, 0.29) is 0 Å². The standard InChI is InChI=1S/C6H13O.C4H9.2CH3.Sn/c1-2-3-4-5-6-7;1-3-4-2;;;/h2-6H2,1H3;1,3-4H2,2H3;2*1H3;/q-1;;;;+1. The van der Waals surface area contributed by atoms with E-state index in [2.05, 4.69) is 23.7 Å². The van der Waals surface area contributed by atoms with Gasteiger partial charge in [0.1, 0.15) is 0 Å². The fourth-order valence-corrected chi connectivity index (χ4v) is 7.39. The van der Waals surface area contributed by atoms with Crippen molar-refractivity contribution in [3.63, 3.8) is 0 Å². The van der Waals surface area contributed by atoms with Crippen LogP contribution in [0.4, 0.5) is 0 Å². The molecule has 0 saturated carbocycles. The molecular weight excluding hydrogens is 279 g/mol. The van der Waals surface area contributed by atoms with Crippen LogP contribution in [0.2, 0.25) is 14.3 Å². The van der Waals surface area contributed by atoms with Crippen molar-refractivity contribution in [2.24, 2.45) is 0 Å². The summed E-state index contributed by atoms with van der Waals surface area (Å²) in [5.41, 5.74) is 0. The summed E-state index contributed by atoms with van der Waals surface area (Å²) < 4.78 is 7.49. The molecule has 0 atom stereocenters. The Bertz CT molecular complexity index is 123. The van der Waals surface area contributed by atoms with E-state index in [1.165, 1.54) is 43.0 Å². The Morgan fingerprint density at radius 3 is 2.07 bits per heavy atom. The van der Waals surface area contributed by atoms with Gasteiger partial charge in [-0.2, -0.15) is 0 Å². The van der Waals surface area contributed by atoms with Gasteiger partial charge in [0, 0.05) is 0 Å². The summed E-state index contributed by atoms with van der Waals surface area (Å²) in [4.78, 5) is 4.84. The van der Waals surface area contributed by atoms with Gasteiger partial charge in [-0.3, -0.25) is 0 Å². The van der Waals surface area contributed by atoms with Gasteiger partial charge in [0.15, 0.2) is 0 Å². The van der Waals surface area contributed by atoms with E-state index in [4.69, 9.17) is 3.07 Å². The summed E-state index contributed by atoms with van der Waals surface area (Å²) in [5, 5.41) is 0. The van der Waals surface area contributed by atoms with Crippen molar-refractivity contribution < 1.29 is 3.07 Å². The quantitative estimate of drug-likeness (QED) is 0.447. The van der Waals surface area contributed by atoms with Crippen molar-refractivity contribution in [2.75, 3.05) is 6.61 Å². The van der Waals surface area contributed by atoms with Gasteiger partial charge in [-0.15, -0.1) is 0 Å². The topological polar surface area (TPSA) is 9.23 Å². The molecular formula is C12H28OSn. The van der Waals surface area contributed by atoms with Crippen LogP contribution in [-0.4, -0.2) is 25.4 Å². The molecule has 0 aromatic rings. The van der Waals surface area contributed by atoms with Gasteiger partial charge < -0.3 is 0 Å². The van der Waals surface area contributed by atoms with Crippen LogP contribution in [0.3, 0.4) is 0 Å². The van der Waals surface area contributed by atoms with E-state index in [1.807, 2.05) is 0 Å². The molecule has 0 unspecified atom stereocenters. The molecule has 0 bridgehead atoms. The summed E-state index contributed by atoms with van der Waals surface area (Å²) in [7, 11) is 0. The van der Waals surface area contributed by atoms with E-state index < -0.39 is 18.8 Å². The van der Waals surface area contributed by atoms with Crippen LogP contribution in [0.25, 0.3) is 0 Å². The van der Waals surface area contributed by atoms with Crippen LogP contribution in [0, 0.1) is 0 Å². The second-order valence-corrected chi connectivity index (χ2v) is 17.1.